The number of aryl methyl sites for hydroxylation is 2. The third kappa shape index (κ3) is 5.47. The molecule has 2 N–H and O–H groups in total. The zero-order valence-electron chi connectivity index (χ0n) is 13.0. The fourth-order valence-corrected chi connectivity index (χ4v) is 2.54. The standard InChI is InChI=1S/C15H26N4O2/c1-12-10-13(2)19(18-12)11-15(20)17-6-3-9-21-14-4-7-16-8-5-14/h10,14,16H,3-9,11H2,1-2H3,(H,17,20). The number of nitrogens with one attached hydrogen (secondary N) is 2. The SMILES string of the molecule is Cc1cc(C)n(CC(=O)NCCCOC2CCNCC2)n1. The predicted molar refractivity (Wildman–Crippen MR) is 81.2 cm³/mol. The van der Waals surface area contributed by atoms with Crippen LogP contribution in [0.3, 0.4) is 0 Å². The van der Waals surface area contributed by atoms with Crippen molar-refractivity contribution in [2.45, 2.75) is 45.8 Å². The predicted octanol–water partition coefficient (Wildman–Crippen LogP) is 0.775. The maximum absolute atomic E-state index is 11.8. The minimum Gasteiger partial charge on any atom is -0.378 e. The summed E-state index contributed by atoms with van der Waals surface area (Å²) in [6.45, 7) is 7.64. The Morgan fingerprint density at radius 3 is 2.90 bits per heavy atom. The number of hydrogen-bond donors (Lipinski definition) is 2. The lowest BCUT2D eigenvalue weighted by atomic mass is 10.1. The summed E-state index contributed by atoms with van der Waals surface area (Å²) in [6, 6.07) is 1.97. The number of hydrogen-bond acceptors (Lipinski definition) is 4. The first kappa shape index (κ1) is 16.0. The highest BCUT2D eigenvalue weighted by atomic mass is 16.5. The molecule has 1 aliphatic rings. The number of nitrogens with zero attached hydrogens (tertiary/aromatic N) is 2. The van der Waals surface area contributed by atoms with Crippen LogP contribution in [0.25, 0.3) is 0 Å². The highest BCUT2D eigenvalue weighted by Crippen LogP contribution is 2.07. The van der Waals surface area contributed by atoms with E-state index in [-0.39, 0.29) is 12.5 Å². The molecule has 0 aromatic carbocycles. The molecule has 0 aliphatic carbocycles. The summed E-state index contributed by atoms with van der Waals surface area (Å²) in [5.41, 5.74) is 1.95. The normalized spacial score (nSPS) is 16.1. The fraction of sp³-hybridized carbons (Fsp3) is 0.733. The molecule has 2 rings (SSSR count). The highest BCUT2D eigenvalue weighted by molar-refractivity contribution is 5.75. The molecule has 0 radical (unpaired) electrons. The number of aromatic nitrogens is 2. The molecule has 1 amide bonds. The molecule has 21 heavy (non-hydrogen) atoms. The van der Waals surface area contributed by atoms with Crippen molar-refractivity contribution in [3.8, 4) is 0 Å². The van der Waals surface area contributed by atoms with Gasteiger partial charge in [-0.3, -0.25) is 9.48 Å². The van der Waals surface area contributed by atoms with Crippen molar-refractivity contribution in [3.63, 3.8) is 0 Å². The first-order chi connectivity index (χ1) is 10.1. The Labute approximate surface area is 126 Å². The Kier molecular flexibility index (Phi) is 6.20. The summed E-state index contributed by atoms with van der Waals surface area (Å²) >= 11 is 0. The molecular formula is C15H26N4O2. The zero-order valence-corrected chi connectivity index (χ0v) is 13.0. The van der Waals surface area contributed by atoms with Crippen molar-refractivity contribution in [3.05, 3.63) is 17.5 Å². The van der Waals surface area contributed by atoms with E-state index in [4.69, 9.17) is 4.74 Å². The number of piperidine rings is 1. The molecule has 1 aliphatic heterocycles. The van der Waals surface area contributed by atoms with Crippen molar-refractivity contribution in [2.24, 2.45) is 0 Å². The van der Waals surface area contributed by atoms with E-state index in [1.165, 1.54) is 0 Å². The Bertz CT molecular complexity index is 453. The van der Waals surface area contributed by atoms with Crippen LogP contribution >= 0.6 is 0 Å². The summed E-state index contributed by atoms with van der Waals surface area (Å²) < 4.78 is 7.53. The molecule has 1 saturated heterocycles. The molecule has 0 atom stereocenters. The van der Waals surface area contributed by atoms with E-state index in [0.717, 1.165) is 43.7 Å². The van der Waals surface area contributed by atoms with Gasteiger partial charge in [-0.05, 0) is 52.3 Å². The number of rotatable bonds is 7. The van der Waals surface area contributed by atoms with Crippen molar-refractivity contribution in [1.82, 2.24) is 20.4 Å². The van der Waals surface area contributed by atoms with Gasteiger partial charge in [0, 0.05) is 18.8 Å². The summed E-state index contributed by atoms with van der Waals surface area (Å²) in [5.74, 6) is 0.00284. The fourth-order valence-electron chi connectivity index (χ4n) is 2.54. The van der Waals surface area contributed by atoms with Gasteiger partial charge in [0.15, 0.2) is 0 Å². The number of amides is 1. The molecule has 1 aromatic heterocycles. The Hall–Kier alpha value is -1.40. The van der Waals surface area contributed by atoms with Gasteiger partial charge >= 0.3 is 0 Å². The number of carbonyl (C=O) groups is 1. The molecule has 0 bridgehead atoms. The van der Waals surface area contributed by atoms with Crippen molar-refractivity contribution in [1.29, 1.82) is 0 Å². The molecule has 1 fully saturated rings. The van der Waals surface area contributed by atoms with E-state index in [9.17, 15) is 4.79 Å². The van der Waals surface area contributed by atoms with Gasteiger partial charge in [0.1, 0.15) is 6.54 Å². The molecule has 118 valence electrons. The van der Waals surface area contributed by atoms with Gasteiger partial charge in [-0.2, -0.15) is 5.10 Å². The third-order valence-corrected chi connectivity index (χ3v) is 3.68. The van der Waals surface area contributed by atoms with Crippen LogP contribution in [0.15, 0.2) is 6.07 Å². The summed E-state index contributed by atoms with van der Waals surface area (Å²) in [6.07, 6.45) is 3.41. The number of ether oxygens (including phenoxy) is 1. The zero-order chi connectivity index (χ0) is 15.1. The molecule has 0 saturated carbocycles. The monoisotopic (exact) mass is 294 g/mol. The second kappa shape index (κ2) is 8.14. The van der Waals surface area contributed by atoms with Crippen LogP contribution in [-0.2, 0) is 16.1 Å². The molecule has 6 nitrogen and oxygen atoms in total. The Morgan fingerprint density at radius 2 is 2.24 bits per heavy atom. The topological polar surface area (TPSA) is 68.2 Å². The molecule has 2 heterocycles. The van der Waals surface area contributed by atoms with E-state index in [0.29, 0.717) is 19.3 Å². The van der Waals surface area contributed by atoms with Crippen LogP contribution in [-0.4, -0.2) is 48.0 Å². The second-order valence-corrected chi connectivity index (χ2v) is 5.61. The van der Waals surface area contributed by atoms with Crippen molar-refractivity contribution < 1.29 is 9.53 Å². The van der Waals surface area contributed by atoms with Gasteiger partial charge in [-0.1, -0.05) is 0 Å². The summed E-state index contributed by atoms with van der Waals surface area (Å²) in [4.78, 5) is 11.8. The minimum absolute atomic E-state index is 0.00284. The number of carbonyl (C=O) groups excluding carboxylic acids is 1. The first-order valence-corrected chi connectivity index (χ1v) is 7.75. The lowest BCUT2D eigenvalue weighted by molar-refractivity contribution is -0.121. The smallest absolute Gasteiger partial charge is 0.241 e. The van der Waals surface area contributed by atoms with E-state index in [2.05, 4.69) is 15.7 Å². The van der Waals surface area contributed by atoms with E-state index in [1.54, 1.807) is 4.68 Å². The van der Waals surface area contributed by atoms with Gasteiger partial charge in [-0.25, -0.2) is 0 Å². The van der Waals surface area contributed by atoms with Crippen molar-refractivity contribution >= 4 is 5.91 Å². The average molecular weight is 294 g/mol. The lowest BCUT2D eigenvalue weighted by Gasteiger charge is -2.22. The molecule has 0 spiro atoms. The van der Waals surface area contributed by atoms with Crippen molar-refractivity contribution in [2.75, 3.05) is 26.2 Å². The Balaban J connectivity index is 1.55. The van der Waals surface area contributed by atoms with E-state index in [1.807, 2.05) is 19.9 Å². The van der Waals surface area contributed by atoms with Gasteiger partial charge < -0.3 is 15.4 Å². The summed E-state index contributed by atoms with van der Waals surface area (Å²) in [7, 11) is 0. The van der Waals surface area contributed by atoms with Gasteiger partial charge in [-0.15, -0.1) is 0 Å². The Morgan fingerprint density at radius 1 is 1.48 bits per heavy atom. The molecular weight excluding hydrogens is 268 g/mol. The summed E-state index contributed by atoms with van der Waals surface area (Å²) in [5, 5.41) is 10.5. The first-order valence-electron chi connectivity index (χ1n) is 7.75. The van der Waals surface area contributed by atoms with E-state index < -0.39 is 0 Å². The van der Waals surface area contributed by atoms with Gasteiger partial charge in [0.2, 0.25) is 5.91 Å². The van der Waals surface area contributed by atoms with Gasteiger partial charge in [0.25, 0.3) is 0 Å². The minimum atomic E-state index is 0.00284. The van der Waals surface area contributed by atoms with Crippen LogP contribution < -0.4 is 10.6 Å². The maximum atomic E-state index is 11.8. The van der Waals surface area contributed by atoms with Crippen LogP contribution in [0.5, 0.6) is 0 Å². The van der Waals surface area contributed by atoms with Gasteiger partial charge in [0.05, 0.1) is 11.8 Å². The van der Waals surface area contributed by atoms with E-state index >= 15 is 0 Å². The molecule has 6 heteroatoms. The van der Waals surface area contributed by atoms with Crippen LogP contribution in [0.4, 0.5) is 0 Å². The molecule has 0 unspecified atom stereocenters. The van der Waals surface area contributed by atoms with Crippen LogP contribution in [0, 0.1) is 13.8 Å². The average Bonchev–Trinajstić information content (AvgIpc) is 2.77. The third-order valence-electron chi connectivity index (χ3n) is 3.68. The van der Waals surface area contributed by atoms with Crippen LogP contribution in [0.1, 0.15) is 30.7 Å². The van der Waals surface area contributed by atoms with Crippen LogP contribution in [0.2, 0.25) is 0 Å². The second-order valence-electron chi connectivity index (χ2n) is 5.61. The lowest BCUT2D eigenvalue weighted by Crippen LogP contribution is -2.33. The highest BCUT2D eigenvalue weighted by Gasteiger charge is 2.12. The molecule has 1 aromatic rings. The maximum Gasteiger partial charge on any atom is 0.241 e. The quantitative estimate of drug-likeness (QED) is 0.729. The largest absolute Gasteiger partial charge is 0.378 e.